The molecule has 1 N–H and O–H groups in total. The van der Waals surface area contributed by atoms with Crippen LogP contribution in [0.25, 0.3) is 0 Å². The molecule has 1 aliphatic carbocycles. The van der Waals surface area contributed by atoms with Gasteiger partial charge in [0.25, 0.3) is 0 Å². The smallest absolute Gasteiger partial charge is 0.309 e. The number of carbonyl (C=O) groups is 1. The molecule has 1 fully saturated rings. The summed E-state index contributed by atoms with van der Waals surface area (Å²) in [5, 5.41) is 3.78. The number of nitrogens with one attached hydrogen (secondary N) is 1. The molecule has 31 heavy (non-hydrogen) atoms. The van der Waals surface area contributed by atoms with Crippen molar-refractivity contribution < 1.29 is 19.0 Å². The second-order valence-electron chi connectivity index (χ2n) is 8.45. The van der Waals surface area contributed by atoms with Crippen molar-refractivity contribution in [2.75, 3.05) is 19.8 Å². The lowest BCUT2D eigenvalue weighted by Gasteiger charge is -2.45. The van der Waals surface area contributed by atoms with E-state index < -0.39 is 0 Å². The van der Waals surface area contributed by atoms with Gasteiger partial charge in [-0.25, -0.2) is 0 Å². The Morgan fingerprint density at radius 3 is 2.39 bits per heavy atom. The van der Waals surface area contributed by atoms with Gasteiger partial charge in [-0.1, -0.05) is 30.3 Å². The Bertz CT molecular complexity index is 888. The fourth-order valence-electron chi connectivity index (χ4n) is 4.96. The molecule has 2 aliphatic rings. The summed E-state index contributed by atoms with van der Waals surface area (Å²) in [6.45, 7) is 6.51. The number of esters is 1. The zero-order valence-electron chi connectivity index (χ0n) is 18.6. The van der Waals surface area contributed by atoms with E-state index in [1.165, 1.54) is 11.1 Å². The average Bonchev–Trinajstić information content (AvgIpc) is 2.80. The number of fused-ring (bicyclic) bond motifs is 2. The van der Waals surface area contributed by atoms with E-state index >= 15 is 0 Å². The lowest BCUT2D eigenvalue weighted by molar-refractivity contribution is -0.151. The van der Waals surface area contributed by atoms with Gasteiger partial charge in [-0.3, -0.25) is 4.79 Å². The molecule has 0 unspecified atom stereocenters. The van der Waals surface area contributed by atoms with Gasteiger partial charge in [-0.2, -0.15) is 0 Å². The fraction of sp³-hybridized carbons (Fsp3) is 0.500. The van der Waals surface area contributed by atoms with Crippen molar-refractivity contribution in [1.29, 1.82) is 0 Å². The maximum Gasteiger partial charge on any atom is 0.309 e. The normalized spacial score (nSPS) is 22.6. The van der Waals surface area contributed by atoms with Crippen LogP contribution in [-0.2, 0) is 28.1 Å². The van der Waals surface area contributed by atoms with Crippen LogP contribution in [0.5, 0.6) is 11.5 Å². The molecule has 1 heterocycles. The Balaban J connectivity index is 1.46. The van der Waals surface area contributed by atoms with Crippen molar-refractivity contribution >= 4 is 5.97 Å². The fourth-order valence-corrected chi connectivity index (χ4v) is 4.96. The van der Waals surface area contributed by atoms with Crippen LogP contribution in [0.15, 0.2) is 42.5 Å². The molecule has 5 nitrogen and oxygen atoms in total. The second kappa shape index (κ2) is 9.73. The molecule has 0 radical (unpaired) electrons. The zero-order valence-corrected chi connectivity index (χ0v) is 18.6. The number of benzene rings is 2. The summed E-state index contributed by atoms with van der Waals surface area (Å²) in [6.07, 6.45) is 4.48. The van der Waals surface area contributed by atoms with Gasteiger partial charge in [0.15, 0.2) is 11.5 Å². The highest BCUT2D eigenvalue weighted by Crippen LogP contribution is 2.46. The van der Waals surface area contributed by atoms with Gasteiger partial charge in [0.05, 0.1) is 19.1 Å². The first-order chi connectivity index (χ1) is 15.1. The SMILES string of the molecule is CCOc1cc2c(cc1OCC)[C@]1(CC[C@@H](C(=O)OCc3ccccc3)CC1)NCC2. The third-order valence-electron chi connectivity index (χ3n) is 6.54. The Labute approximate surface area is 185 Å². The highest BCUT2D eigenvalue weighted by atomic mass is 16.5. The van der Waals surface area contributed by atoms with E-state index in [1.54, 1.807) is 0 Å². The van der Waals surface area contributed by atoms with E-state index in [9.17, 15) is 4.79 Å². The standard InChI is InChI=1S/C26H33NO4/c1-3-29-23-16-21-12-15-27-26(22(21)17-24(23)30-4-2)13-10-20(11-14-26)25(28)31-18-19-8-6-5-7-9-19/h5-9,16-17,20,27H,3-4,10-15,18H2,1-2H3/t20-,26-. The Kier molecular flexibility index (Phi) is 6.81. The van der Waals surface area contributed by atoms with Crippen molar-refractivity contribution in [1.82, 2.24) is 5.32 Å². The zero-order chi connectivity index (χ0) is 21.7. The van der Waals surface area contributed by atoms with Crippen LogP contribution in [0.2, 0.25) is 0 Å². The molecular weight excluding hydrogens is 390 g/mol. The first-order valence-electron chi connectivity index (χ1n) is 11.5. The van der Waals surface area contributed by atoms with Crippen molar-refractivity contribution in [3.63, 3.8) is 0 Å². The first-order valence-corrected chi connectivity index (χ1v) is 11.5. The second-order valence-corrected chi connectivity index (χ2v) is 8.45. The maximum atomic E-state index is 12.7. The summed E-state index contributed by atoms with van der Waals surface area (Å²) in [6, 6.07) is 14.2. The van der Waals surface area contributed by atoms with Gasteiger partial charge < -0.3 is 19.5 Å². The highest BCUT2D eigenvalue weighted by molar-refractivity contribution is 5.72. The van der Waals surface area contributed by atoms with E-state index in [-0.39, 0.29) is 17.4 Å². The molecule has 1 aliphatic heterocycles. The lowest BCUT2D eigenvalue weighted by Crippen LogP contribution is -2.50. The van der Waals surface area contributed by atoms with Gasteiger partial charge >= 0.3 is 5.97 Å². The summed E-state index contributed by atoms with van der Waals surface area (Å²) < 4.78 is 17.3. The average molecular weight is 424 g/mol. The minimum absolute atomic E-state index is 0.0319. The number of hydrogen-bond donors (Lipinski definition) is 1. The van der Waals surface area contributed by atoms with Gasteiger partial charge in [0.2, 0.25) is 0 Å². The Hall–Kier alpha value is -2.53. The molecule has 166 valence electrons. The van der Waals surface area contributed by atoms with E-state index in [4.69, 9.17) is 14.2 Å². The first kappa shape index (κ1) is 21.7. The lowest BCUT2D eigenvalue weighted by atomic mass is 9.69. The van der Waals surface area contributed by atoms with E-state index in [2.05, 4.69) is 17.4 Å². The third kappa shape index (κ3) is 4.72. The number of carbonyl (C=O) groups excluding carboxylic acids is 1. The minimum atomic E-state index is -0.0968. The molecule has 2 aromatic carbocycles. The number of hydrogen-bond acceptors (Lipinski definition) is 5. The maximum absolute atomic E-state index is 12.7. The molecule has 4 rings (SSSR count). The predicted octanol–water partition coefficient (Wildman–Crippen LogP) is 4.76. The predicted molar refractivity (Wildman–Crippen MR) is 120 cm³/mol. The molecule has 0 aromatic heterocycles. The molecule has 1 saturated carbocycles. The Morgan fingerprint density at radius 2 is 1.71 bits per heavy atom. The molecule has 0 saturated heterocycles. The van der Waals surface area contributed by atoms with Crippen LogP contribution in [0.1, 0.15) is 56.2 Å². The molecular formula is C26H33NO4. The Morgan fingerprint density at radius 1 is 1.03 bits per heavy atom. The minimum Gasteiger partial charge on any atom is -0.490 e. The van der Waals surface area contributed by atoms with Crippen LogP contribution < -0.4 is 14.8 Å². The van der Waals surface area contributed by atoms with E-state index in [0.29, 0.717) is 19.8 Å². The van der Waals surface area contributed by atoms with Crippen LogP contribution in [0, 0.1) is 5.92 Å². The molecule has 5 heteroatoms. The molecule has 2 aromatic rings. The van der Waals surface area contributed by atoms with E-state index in [1.807, 2.05) is 44.2 Å². The van der Waals surface area contributed by atoms with Crippen LogP contribution in [-0.4, -0.2) is 25.7 Å². The van der Waals surface area contributed by atoms with Gasteiger partial charge in [0.1, 0.15) is 6.61 Å². The van der Waals surface area contributed by atoms with Gasteiger partial charge in [-0.15, -0.1) is 0 Å². The number of ether oxygens (including phenoxy) is 3. The van der Waals surface area contributed by atoms with Gasteiger partial charge in [-0.05, 0) is 74.8 Å². The van der Waals surface area contributed by atoms with Crippen LogP contribution >= 0.6 is 0 Å². The summed E-state index contributed by atoms with van der Waals surface area (Å²) in [7, 11) is 0. The largest absolute Gasteiger partial charge is 0.490 e. The molecule has 0 atom stereocenters. The summed E-state index contributed by atoms with van der Waals surface area (Å²) >= 11 is 0. The summed E-state index contributed by atoms with van der Waals surface area (Å²) in [4.78, 5) is 12.7. The monoisotopic (exact) mass is 423 g/mol. The number of rotatable bonds is 7. The molecule has 0 bridgehead atoms. The molecule has 0 amide bonds. The topological polar surface area (TPSA) is 56.8 Å². The van der Waals surface area contributed by atoms with Gasteiger partial charge in [0, 0.05) is 12.1 Å². The quantitative estimate of drug-likeness (QED) is 0.651. The molecule has 1 spiro atoms. The van der Waals surface area contributed by atoms with E-state index in [0.717, 1.165) is 55.7 Å². The third-order valence-corrected chi connectivity index (χ3v) is 6.54. The summed E-state index contributed by atoms with van der Waals surface area (Å²) in [5.41, 5.74) is 3.57. The van der Waals surface area contributed by atoms with Crippen molar-refractivity contribution in [3.8, 4) is 11.5 Å². The van der Waals surface area contributed by atoms with Crippen LogP contribution in [0.3, 0.4) is 0 Å². The highest BCUT2D eigenvalue weighted by Gasteiger charge is 2.42. The van der Waals surface area contributed by atoms with Crippen molar-refractivity contribution in [2.45, 2.75) is 58.1 Å². The van der Waals surface area contributed by atoms with Crippen molar-refractivity contribution in [2.24, 2.45) is 5.92 Å². The van der Waals surface area contributed by atoms with Crippen molar-refractivity contribution in [3.05, 3.63) is 59.2 Å². The summed E-state index contributed by atoms with van der Waals surface area (Å²) in [5.74, 6) is 1.54. The van der Waals surface area contributed by atoms with Crippen LogP contribution in [0.4, 0.5) is 0 Å².